The van der Waals surface area contributed by atoms with Crippen LogP contribution in [0.25, 0.3) is 27.1 Å². The number of hydrogen-bond acceptors (Lipinski definition) is 0. The van der Waals surface area contributed by atoms with Crippen molar-refractivity contribution in [3.8, 4) is 0 Å². The van der Waals surface area contributed by atoms with E-state index >= 15 is 0 Å². The molecule has 0 saturated heterocycles. The molecule has 0 unspecified atom stereocenters. The molecule has 0 aromatic heterocycles. The van der Waals surface area contributed by atoms with Gasteiger partial charge in [0.05, 0.1) is 0 Å². The molecule has 5 aromatic rings. The molecule has 226 valence electrons. The van der Waals surface area contributed by atoms with Gasteiger partial charge in [0.25, 0.3) is 0 Å². The summed E-state index contributed by atoms with van der Waals surface area (Å²) < 4.78 is 1.42. The van der Waals surface area contributed by atoms with Gasteiger partial charge in [0.15, 0.2) is 0 Å². The molecular formula is C41H43Cl2Zr-. The molecule has 0 saturated carbocycles. The van der Waals surface area contributed by atoms with Crippen LogP contribution in [0.1, 0.15) is 86.9 Å². The Labute approximate surface area is 292 Å². The number of hydrogen-bond donors (Lipinski definition) is 0. The molecule has 0 spiro atoms. The summed E-state index contributed by atoms with van der Waals surface area (Å²) in [5.74, 6) is 0. The molecule has 6 rings (SSSR count). The van der Waals surface area contributed by atoms with Gasteiger partial charge in [0, 0.05) is 0 Å². The summed E-state index contributed by atoms with van der Waals surface area (Å²) in [6.45, 7) is 18.6. The average Bonchev–Trinajstić information content (AvgIpc) is 3.63. The normalized spacial score (nSPS) is 12.7. The fourth-order valence-electron chi connectivity index (χ4n) is 6.33. The van der Waals surface area contributed by atoms with Crippen LogP contribution in [0.5, 0.6) is 0 Å². The fourth-order valence-corrected chi connectivity index (χ4v) is 7.15. The maximum absolute atomic E-state index is 2.45. The SMILES string of the molecule is Cc1c(C(C)(C)C)c(C2=CC=CC2)c2[cH-]c3cc(C(C)(C)C)ccc3c2c1C.[Cl-].[Cl-].[Zr+2]=[C](c1ccccc1)c1ccccc1. The van der Waals surface area contributed by atoms with Crippen LogP contribution in [-0.4, -0.2) is 3.21 Å². The van der Waals surface area contributed by atoms with Crippen molar-refractivity contribution >= 4 is 30.3 Å². The van der Waals surface area contributed by atoms with E-state index in [9.17, 15) is 0 Å². The van der Waals surface area contributed by atoms with Gasteiger partial charge in [-0.3, -0.25) is 0 Å². The van der Waals surface area contributed by atoms with Gasteiger partial charge in [-0.1, -0.05) is 105 Å². The Hall–Kier alpha value is -2.44. The summed E-state index contributed by atoms with van der Waals surface area (Å²) in [6.07, 6.45) is 7.85. The first-order chi connectivity index (χ1) is 19.9. The Kier molecular flexibility index (Phi) is 11.7. The van der Waals surface area contributed by atoms with Crippen LogP contribution in [0.2, 0.25) is 0 Å². The molecule has 1 aliphatic rings. The Balaban J connectivity index is 0.000000280. The quantitative estimate of drug-likeness (QED) is 0.231. The van der Waals surface area contributed by atoms with E-state index < -0.39 is 0 Å². The second-order valence-electron chi connectivity index (χ2n) is 13.7. The molecule has 3 heteroatoms. The topological polar surface area (TPSA) is 0 Å². The van der Waals surface area contributed by atoms with Gasteiger partial charge in [-0.05, 0) is 31.1 Å². The van der Waals surface area contributed by atoms with Crippen molar-refractivity contribution in [2.24, 2.45) is 0 Å². The van der Waals surface area contributed by atoms with Gasteiger partial charge >= 0.3 is 99.2 Å². The van der Waals surface area contributed by atoms with Gasteiger partial charge < -0.3 is 24.8 Å². The van der Waals surface area contributed by atoms with Crippen LogP contribution in [0, 0.1) is 13.8 Å². The van der Waals surface area contributed by atoms with Crippen LogP contribution < -0.4 is 24.8 Å². The van der Waals surface area contributed by atoms with Gasteiger partial charge in [0.2, 0.25) is 0 Å². The molecule has 0 heterocycles. The first-order valence-electron chi connectivity index (χ1n) is 15.1. The minimum absolute atomic E-state index is 0. The zero-order chi connectivity index (χ0) is 30.2. The number of rotatable bonds is 3. The van der Waals surface area contributed by atoms with Crippen molar-refractivity contribution in [3.63, 3.8) is 0 Å². The molecule has 0 atom stereocenters. The Bertz CT molecular complexity index is 1780. The molecule has 0 amide bonds. The van der Waals surface area contributed by atoms with E-state index in [0.717, 1.165) is 6.42 Å². The number of halogens is 2. The van der Waals surface area contributed by atoms with Crippen molar-refractivity contribution in [1.29, 1.82) is 0 Å². The van der Waals surface area contributed by atoms with Crippen LogP contribution in [-0.2, 0) is 35.1 Å². The monoisotopic (exact) mass is 695 g/mol. The van der Waals surface area contributed by atoms with E-state index in [0.29, 0.717) is 0 Å². The minimum atomic E-state index is 0. The van der Waals surface area contributed by atoms with E-state index in [1.54, 1.807) is 0 Å². The molecule has 0 aliphatic heterocycles. The molecule has 0 fully saturated rings. The van der Waals surface area contributed by atoms with Crippen LogP contribution in [0.3, 0.4) is 0 Å². The summed E-state index contributed by atoms with van der Waals surface area (Å²) in [5, 5.41) is 5.66. The predicted octanol–water partition coefficient (Wildman–Crippen LogP) is 5.08. The first-order valence-corrected chi connectivity index (χ1v) is 16.3. The van der Waals surface area contributed by atoms with Gasteiger partial charge in [-0.25, -0.2) is 0 Å². The molecule has 0 bridgehead atoms. The van der Waals surface area contributed by atoms with Crippen molar-refractivity contribution in [2.75, 3.05) is 0 Å². The number of benzene rings is 4. The molecule has 0 nitrogen and oxygen atoms in total. The van der Waals surface area contributed by atoms with E-state index in [1.165, 1.54) is 93.5 Å². The Morgan fingerprint density at radius 1 is 0.727 bits per heavy atom. The molecule has 5 aromatic carbocycles. The van der Waals surface area contributed by atoms with E-state index in [1.807, 2.05) is 0 Å². The van der Waals surface area contributed by atoms with Crippen LogP contribution in [0.15, 0.2) is 103 Å². The predicted molar refractivity (Wildman–Crippen MR) is 182 cm³/mol. The van der Waals surface area contributed by atoms with E-state index in [2.05, 4.69) is 159 Å². The Morgan fingerprint density at radius 3 is 1.77 bits per heavy atom. The molecule has 0 N–H and O–H groups in total. The maximum atomic E-state index is 2.45. The van der Waals surface area contributed by atoms with Crippen molar-refractivity contribution in [3.05, 3.63) is 142 Å². The van der Waals surface area contributed by atoms with E-state index in [4.69, 9.17) is 0 Å². The zero-order valence-corrected chi connectivity index (χ0v) is 31.2. The summed E-state index contributed by atoms with van der Waals surface area (Å²) in [4.78, 5) is 0. The number of allylic oxidation sites excluding steroid dienone is 4. The van der Waals surface area contributed by atoms with Gasteiger partial charge in [-0.15, -0.1) is 33.7 Å². The molecular weight excluding hydrogens is 655 g/mol. The van der Waals surface area contributed by atoms with Gasteiger partial charge in [0.1, 0.15) is 0 Å². The standard InChI is InChI=1S/C28H33.C13H10.2ClH.Zr/c1-17-18(2)26(28(6,7)8)25(19-11-9-10-12-19)23-16-20-15-21(27(3,4)5)13-14-22(20)24(17)23;1-3-7-12(8-4-1)11-13-9-5-2-6-10-13;;;/h9-11,13-16H,12H2,1-8H3;1-10H;2*1H;/q-1;;;;+2/p-2. The number of fused-ring (bicyclic) bond motifs is 3. The molecule has 44 heavy (non-hydrogen) atoms. The van der Waals surface area contributed by atoms with Crippen LogP contribution >= 0.6 is 0 Å². The van der Waals surface area contributed by atoms with E-state index in [-0.39, 0.29) is 35.6 Å². The summed E-state index contributed by atoms with van der Waals surface area (Å²) >= 11 is 1.46. The first kappa shape index (κ1) is 36.0. The second kappa shape index (κ2) is 14.3. The van der Waals surface area contributed by atoms with Crippen LogP contribution in [0.4, 0.5) is 0 Å². The fraction of sp³-hybridized carbons (Fsp3) is 0.268. The third kappa shape index (κ3) is 7.33. The van der Waals surface area contributed by atoms with Crippen molar-refractivity contribution < 1.29 is 49.0 Å². The third-order valence-electron chi connectivity index (χ3n) is 8.56. The Morgan fingerprint density at radius 2 is 1.30 bits per heavy atom. The molecule has 0 radical (unpaired) electrons. The average molecular weight is 698 g/mol. The summed E-state index contributed by atoms with van der Waals surface area (Å²) in [6, 6.07) is 30.6. The summed E-state index contributed by atoms with van der Waals surface area (Å²) in [7, 11) is 0. The second-order valence-corrected chi connectivity index (χ2v) is 14.9. The number of aryl methyl sites for hydroxylation is 1. The van der Waals surface area contributed by atoms with Crippen molar-refractivity contribution in [1.82, 2.24) is 0 Å². The third-order valence-corrected chi connectivity index (χ3v) is 9.97. The van der Waals surface area contributed by atoms with Gasteiger partial charge in [-0.2, -0.15) is 0 Å². The zero-order valence-electron chi connectivity index (χ0n) is 27.3. The summed E-state index contributed by atoms with van der Waals surface area (Å²) in [5.41, 5.74) is 11.7. The van der Waals surface area contributed by atoms with Crippen molar-refractivity contribution in [2.45, 2.75) is 72.6 Å². The molecule has 1 aliphatic carbocycles.